The van der Waals surface area contributed by atoms with E-state index in [1.165, 1.54) is 0 Å². The molecule has 0 heterocycles. The maximum atomic E-state index is 8.65. The van der Waals surface area contributed by atoms with Crippen LogP contribution in [-0.4, -0.2) is 23.8 Å². The first-order valence-electron chi connectivity index (χ1n) is 3.22. The van der Waals surface area contributed by atoms with Gasteiger partial charge >= 0.3 is 0 Å². The van der Waals surface area contributed by atoms with Crippen molar-refractivity contribution >= 4 is 0 Å². The second-order valence-corrected chi connectivity index (χ2v) is 2.70. The molecule has 5 N–H and O–H groups in total. The molecule has 3 nitrogen and oxygen atoms in total. The van der Waals surface area contributed by atoms with Crippen molar-refractivity contribution in [1.82, 2.24) is 0 Å². The fourth-order valence-corrected chi connectivity index (χ4v) is 0.585. The van der Waals surface area contributed by atoms with Gasteiger partial charge in [-0.05, 0) is 26.3 Å². The van der Waals surface area contributed by atoms with Crippen LogP contribution in [-0.2, 0) is 0 Å². The first-order valence-corrected chi connectivity index (χ1v) is 3.22. The number of hydrogen-bond donors (Lipinski definition) is 3. The minimum atomic E-state index is -0.431. The molecule has 0 bridgehead atoms. The van der Waals surface area contributed by atoms with Crippen molar-refractivity contribution in [3.8, 4) is 0 Å². The van der Waals surface area contributed by atoms with E-state index in [1.807, 2.05) is 6.92 Å². The summed E-state index contributed by atoms with van der Waals surface area (Å²) in [5.41, 5.74) is 10.4. The Morgan fingerprint density at radius 2 is 2.11 bits per heavy atom. The molecule has 0 radical (unpaired) electrons. The van der Waals surface area contributed by atoms with Crippen LogP contribution in [0, 0.1) is 0 Å². The van der Waals surface area contributed by atoms with Crippen LogP contribution in [0.2, 0.25) is 0 Å². The van der Waals surface area contributed by atoms with Crippen LogP contribution in [0.3, 0.4) is 0 Å². The molecule has 56 valence electrons. The number of hydrogen-bond acceptors (Lipinski definition) is 3. The molecule has 0 aliphatic rings. The summed E-state index contributed by atoms with van der Waals surface area (Å²) < 4.78 is 0. The van der Waals surface area contributed by atoms with Gasteiger partial charge in [0.05, 0.1) is 6.61 Å². The number of nitrogens with two attached hydrogens (primary N) is 2. The van der Waals surface area contributed by atoms with E-state index in [1.54, 1.807) is 0 Å². The number of aliphatic hydroxyl groups is 1. The summed E-state index contributed by atoms with van der Waals surface area (Å²) in [4.78, 5) is 0. The maximum Gasteiger partial charge on any atom is 0.0608 e. The molecular weight excluding hydrogens is 116 g/mol. The Hall–Kier alpha value is -0.120. The molecule has 0 unspecified atom stereocenters. The van der Waals surface area contributed by atoms with Crippen LogP contribution in [0.15, 0.2) is 0 Å². The van der Waals surface area contributed by atoms with Gasteiger partial charge in [0.1, 0.15) is 0 Å². The average molecular weight is 132 g/mol. The van der Waals surface area contributed by atoms with E-state index in [9.17, 15) is 0 Å². The number of aliphatic hydroxyl groups excluding tert-OH is 1. The van der Waals surface area contributed by atoms with Crippen molar-refractivity contribution in [2.75, 3.05) is 13.2 Å². The van der Waals surface area contributed by atoms with E-state index < -0.39 is 5.54 Å². The van der Waals surface area contributed by atoms with Crippen molar-refractivity contribution in [2.24, 2.45) is 11.5 Å². The average Bonchev–Trinajstić information content (AvgIpc) is 1.84. The van der Waals surface area contributed by atoms with Crippen molar-refractivity contribution in [3.63, 3.8) is 0 Å². The van der Waals surface area contributed by atoms with Crippen molar-refractivity contribution in [2.45, 2.75) is 25.3 Å². The summed E-state index contributed by atoms with van der Waals surface area (Å²) in [7, 11) is 0. The molecular formula is C6H16N2O. The van der Waals surface area contributed by atoms with Gasteiger partial charge in [-0.2, -0.15) is 0 Å². The lowest BCUT2D eigenvalue weighted by Crippen LogP contribution is -2.40. The molecule has 3 heteroatoms. The van der Waals surface area contributed by atoms with Crippen LogP contribution in [0.1, 0.15) is 19.8 Å². The topological polar surface area (TPSA) is 72.3 Å². The zero-order valence-electron chi connectivity index (χ0n) is 5.93. The molecule has 0 aliphatic carbocycles. The lowest BCUT2D eigenvalue weighted by Gasteiger charge is -2.20. The van der Waals surface area contributed by atoms with E-state index in [0.717, 1.165) is 12.8 Å². The monoisotopic (exact) mass is 132 g/mol. The van der Waals surface area contributed by atoms with E-state index in [-0.39, 0.29) is 6.61 Å². The van der Waals surface area contributed by atoms with Gasteiger partial charge in [-0.1, -0.05) is 0 Å². The van der Waals surface area contributed by atoms with E-state index in [0.29, 0.717) is 6.54 Å². The zero-order valence-corrected chi connectivity index (χ0v) is 5.93. The van der Waals surface area contributed by atoms with E-state index in [4.69, 9.17) is 16.6 Å². The van der Waals surface area contributed by atoms with Gasteiger partial charge in [-0.15, -0.1) is 0 Å². The molecule has 0 rings (SSSR count). The van der Waals surface area contributed by atoms with E-state index in [2.05, 4.69) is 0 Å². The number of rotatable bonds is 4. The zero-order chi connectivity index (χ0) is 7.33. The van der Waals surface area contributed by atoms with Gasteiger partial charge in [0, 0.05) is 5.54 Å². The van der Waals surface area contributed by atoms with Crippen LogP contribution >= 0.6 is 0 Å². The molecule has 0 spiro atoms. The first-order chi connectivity index (χ1) is 4.12. The summed E-state index contributed by atoms with van der Waals surface area (Å²) >= 11 is 0. The van der Waals surface area contributed by atoms with Gasteiger partial charge in [-0.25, -0.2) is 0 Å². The smallest absolute Gasteiger partial charge is 0.0608 e. The third-order valence-corrected chi connectivity index (χ3v) is 1.31. The summed E-state index contributed by atoms with van der Waals surface area (Å²) in [5, 5.41) is 8.65. The molecule has 0 aromatic rings. The van der Waals surface area contributed by atoms with Gasteiger partial charge < -0.3 is 16.6 Å². The lowest BCUT2D eigenvalue weighted by molar-refractivity contribution is 0.199. The molecule has 0 saturated carbocycles. The minimum Gasteiger partial charge on any atom is -0.394 e. The standard InChI is InChI=1S/C6H16N2O/c1-6(8,5-9)3-2-4-7/h9H,2-5,7-8H2,1H3/t6-/m0/s1. The van der Waals surface area contributed by atoms with Crippen LogP contribution in [0.4, 0.5) is 0 Å². The summed E-state index contributed by atoms with van der Waals surface area (Å²) in [6.07, 6.45) is 1.67. The summed E-state index contributed by atoms with van der Waals surface area (Å²) in [6.45, 7) is 2.50. The van der Waals surface area contributed by atoms with Crippen LogP contribution in [0.25, 0.3) is 0 Å². The Balaban J connectivity index is 3.33. The summed E-state index contributed by atoms with van der Waals surface area (Å²) in [6, 6.07) is 0. The van der Waals surface area contributed by atoms with Crippen molar-refractivity contribution < 1.29 is 5.11 Å². The molecule has 0 fully saturated rings. The Morgan fingerprint density at radius 1 is 1.56 bits per heavy atom. The highest BCUT2D eigenvalue weighted by molar-refractivity contribution is 4.76. The molecule has 0 aromatic heterocycles. The Morgan fingerprint density at radius 3 is 2.44 bits per heavy atom. The summed E-state index contributed by atoms with van der Waals surface area (Å²) in [5.74, 6) is 0. The SMILES string of the molecule is C[C@@](N)(CO)CCCN. The van der Waals surface area contributed by atoms with Gasteiger partial charge in [0.2, 0.25) is 0 Å². The maximum absolute atomic E-state index is 8.65. The van der Waals surface area contributed by atoms with Gasteiger partial charge in [0.15, 0.2) is 0 Å². The third-order valence-electron chi connectivity index (χ3n) is 1.31. The fourth-order valence-electron chi connectivity index (χ4n) is 0.585. The van der Waals surface area contributed by atoms with Crippen LogP contribution in [0.5, 0.6) is 0 Å². The quantitative estimate of drug-likeness (QED) is 0.480. The Labute approximate surface area is 56.0 Å². The van der Waals surface area contributed by atoms with Crippen LogP contribution < -0.4 is 11.5 Å². The normalized spacial score (nSPS) is 17.3. The minimum absolute atomic E-state index is 0.0347. The molecule has 0 aromatic carbocycles. The highest BCUT2D eigenvalue weighted by Gasteiger charge is 2.14. The molecule has 0 aliphatic heterocycles. The van der Waals surface area contributed by atoms with Gasteiger partial charge in [-0.3, -0.25) is 0 Å². The second-order valence-electron chi connectivity index (χ2n) is 2.70. The fraction of sp³-hybridized carbons (Fsp3) is 1.00. The molecule has 9 heavy (non-hydrogen) atoms. The van der Waals surface area contributed by atoms with Crippen molar-refractivity contribution in [1.29, 1.82) is 0 Å². The molecule has 0 amide bonds. The first kappa shape index (κ1) is 8.88. The predicted octanol–water partition coefficient (Wildman–Crippen LogP) is -0.565. The largest absolute Gasteiger partial charge is 0.394 e. The van der Waals surface area contributed by atoms with Crippen molar-refractivity contribution in [3.05, 3.63) is 0 Å². The predicted molar refractivity (Wildman–Crippen MR) is 38.0 cm³/mol. The highest BCUT2D eigenvalue weighted by atomic mass is 16.3. The van der Waals surface area contributed by atoms with E-state index >= 15 is 0 Å². The second kappa shape index (κ2) is 3.82. The Bertz CT molecular complexity index is 73.5. The Kier molecular flexibility index (Phi) is 3.77. The lowest BCUT2D eigenvalue weighted by atomic mass is 9.99. The molecule has 1 atom stereocenters. The highest BCUT2D eigenvalue weighted by Crippen LogP contribution is 2.05. The van der Waals surface area contributed by atoms with Gasteiger partial charge in [0.25, 0.3) is 0 Å². The third kappa shape index (κ3) is 4.39. The molecule has 0 saturated heterocycles.